The van der Waals surface area contributed by atoms with Crippen LogP contribution in [0.1, 0.15) is 23.2 Å². The van der Waals surface area contributed by atoms with Crippen LogP contribution in [-0.2, 0) is 9.53 Å². The largest absolute Gasteiger partial charge is 0.490 e. The van der Waals surface area contributed by atoms with Crippen molar-refractivity contribution in [2.24, 2.45) is 0 Å². The van der Waals surface area contributed by atoms with Crippen LogP contribution in [0.15, 0.2) is 16.8 Å². The molecule has 0 bridgehead atoms. The molecule has 3 saturated heterocycles. The van der Waals surface area contributed by atoms with E-state index in [1.165, 1.54) is 25.9 Å². The number of rotatable bonds is 4. The summed E-state index contributed by atoms with van der Waals surface area (Å²) in [6.07, 6.45) is -2.21. The van der Waals surface area contributed by atoms with E-state index in [0.29, 0.717) is 6.04 Å². The number of ether oxygens (including phenoxy) is 1. The van der Waals surface area contributed by atoms with Crippen LogP contribution < -0.4 is 0 Å². The average Bonchev–Trinajstić information content (AvgIpc) is 3.47. The topological polar surface area (TPSA) is 73.3 Å². The standard InChI is InChI=1S/C17H25N3O2S.C2HF3O2/c21-17(14-3-10-23-13-14)20-11-15-16(12-20)22-9-8-19(15)7-6-18-4-1-2-5-18;3-2(4,5)1(6)7/h3,10,13,15-16H,1-2,4-9,11-12H2;(H,6,7)/t15-,16+;/m1./s1. The molecule has 0 unspecified atom stereocenters. The molecule has 1 amide bonds. The molecule has 3 aliphatic rings. The summed E-state index contributed by atoms with van der Waals surface area (Å²) in [6, 6.07) is 2.29. The first-order chi connectivity index (χ1) is 14.3. The third-order valence-corrected chi connectivity index (χ3v) is 6.30. The van der Waals surface area contributed by atoms with Crippen LogP contribution in [-0.4, -0.2) is 102 Å². The molecule has 0 radical (unpaired) electrons. The first-order valence-corrected chi connectivity index (χ1v) is 10.9. The normalized spacial score (nSPS) is 25.0. The minimum Gasteiger partial charge on any atom is -0.475 e. The Balaban J connectivity index is 0.000000318. The summed E-state index contributed by atoms with van der Waals surface area (Å²) >= 11 is 1.58. The monoisotopic (exact) mass is 449 g/mol. The molecule has 1 aromatic rings. The van der Waals surface area contributed by atoms with Gasteiger partial charge in [-0.05, 0) is 37.4 Å². The highest BCUT2D eigenvalue weighted by Crippen LogP contribution is 2.25. The zero-order valence-corrected chi connectivity index (χ0v) is 17.3. The number of thiophene rings is 1. The molecule has 0 saturated carbocycles. The summed E-state index contributed by atoms with van der Waals surface area (Å²) in [4.78, 5) is 28.6. The number of carboxylic acid groups (broad SMARTS) is 1. The molecule has 0 aliphatic carbocycles. The lowest BCUT2D eigenvalue weighted by atomic mass is 10.1. The Morgan fingerprint density at radius 3 is 2.47 bits per heavy atom. The molecular weight excluding hydrogens is 423 g/mol. The molecular formula is C19H26F3N3O4S. The van der Waals surface area contributed by atoms with E-state index in [4.69, 9.17) is 14.6 Å². The number of carboxylic acids is 1. The summed E-state index contributed by atoms with van der Waals surface area (Å²) in [5.74, 6) is -2.60. The third kappa shape index (κ3) is 5.93. The lowest BCUT2D eigenvalue weighted by Gasteiger charge is -2.37. The lowest BCUT2D eigenvalue weighted by molar-refractivity contribution is -0.192. The smallest absolute Gasteiger partial charge is 0.475 e. The van der Waals surface area contributed by atoms with Crippen LogP contribution in [0.5, 0.6) is 0 Å². The van der Waals surface area contributed by atoms with Crippen molar-refractivity contribution in [2.75, 3.05) is 52.4 Å². The molecule has 11 heteroatoms. The maximum absolute atomic E-state index is 12.6. The molecule has 4 heterocycles. The minimum atomic E-state index is -5.08. The van der Waals surface area contributed by atoms with Gasteiger partial charge < -0.3 is 19.6 Å². The Bertz CT molecular complexity index is 710. The third-order valence-electron chi connectivity index (χ3n) is 5.62. The van der Waals surface area contributed by atoms with Gasteiger partial charge in [0.25, 0.3) is 5.91 Å². The summed E-state index contributed by atoms with van der Waals surface area (Å²) < 4.78 is 37.7. The second-order valence-corrected chi connectivity index (χ2v) is 8.37. The summed E-state index contributed by atoms with van der Waals surface area (Å²) in [6.45, 7) is 8.09. The second kappa shape index (κ2) is 10.1. The molecule has 2 atom stereocenters. The van der Waals surface area contributed by atoms with Crippen molar-refractivity contribution in [1.29, 1.82) is 0 Å². The first kappa shape index (κ1) is 23.0. The Hall–Kier alpha value is -1.69. The Labute approximate surface area is 177 Å². The predicted molar refractivity (Wildman–Crippen MR) is 105 cm³/mol. The minimum absolute atomic E-state index is 0.156. The van der Waals surface area contributed by atoms with Crippen LogP contribution in [0.25, 0.3) is 0 Å². The van der Waals surface area contributed by atoms with Gasteiger partial charge in [0.2, 0.25) is 0 Å². The van der Waals surface area contributed by atoms with Crippen molar-refractivity contribution in [3.63, 3.8) is 0 Å². The molecule has 1 aromatic heterocycles. The van der Waals surface area contributed by atoms with Crippen molar-refractivity contribution in [3.05, 3.63) is 22.4 Å². The van der Waals surface area contributed by atoms with Gasteiger partial charge >= 0.3 is 12.1 Å². The quantitative estimate of drug-likeness (QED) is 0.758. The van der Waals surface area contributed by atoms with E-state index in [2.05, 4.69) is 9.80 Å². The molecule has 0 spiro atoms. The van der Waals surface area contributed by atoms with E-state index < -0.39 is 12.1 Å². The Kier molecular flexibility index (Phi) is 7.72. The SMILES string of the molecule is O=C(O)C(F)(F)F.O=C(c1ccsc1)N1C[C@@H]2OCCN(CCN3CCCC3)[C@@H]2C1. The van der Waals surface area contributed by atoms with Crippen molar-refractivity contribution >= 4 is 23.2 Å². The van der Waals surface area contributed by atoms with E-state index in [0.717, 1.165) is 44.9 Å². The van der Waals surface area contributed by atoms with E-state index in [1.54, 1.807) is 11.3 Å². The number of morpholine rings is 1. The number of likely N-dealkylation sites (tertiary alicyclic amines) is 2. The van der Waals surface area contributed by atoms with Crippen molar-refractivity contribution in [1.82, 2.24) is 14.7 Å². The van der Waals surface area contributed by atoms with Gasteiger partial charge in [-0.3, -0.25) is 9.69 Å². The van der Waals surface area contributed by atoms with Gasteiger partial charge in [-0.25, -0.2) is 4.79 Å². The molecule has 3 fully saturated rings. The second-order valence-electron chi connectivity index (χ2n) is 7.59. The lowest BCUT2D eigenvalue weighted by Crippen LogP contribution is -2.52. The molecule has 30 heavy (non-hydrogen) atoms. The predicted octanol–water partition coefficient (Wildman–Crippen LogP) is 2.00. The molecule has 168 valence electrons. The molecule has 7 nitrogen and oxygen atoms in total. The molecule has 0 aromatic carbocycles. The average molecular weight is 449 g/mol. The van der Waals surface area contributed by atoms with Gasteiger partial charge in [-0.15, -0.1) is 0 Å². The van der Waals surface area contributed by atoms with Crippen molar-refractivity contribution in [2.45, 2.75) is 31.2 Å². The number of carbonyl (C=O) groups excluding carboxylic acids is 1. The highest BCUT2D eigenvalue weighted by Gasteiger charge is 2.42. The van der Waals surface area contributed by atoms with Gasteiger partial charge in [0.1, 0.15) is 0 Å². The number of halogens is 3. The van der Waals surface area contributed by atoms with E-state index in [1.807, 2.05) is 21.7 Å². The fraction of sp³-hybridized carbons (Fsp3) is 0.684. The fourth-order valence-electron chi connectivity index (χ4n) is 4.05. The number of nitrogens with zero attached hydrogens (tertiary/aromatic N) is 3. The van der Waals surface area contributed by atoms with Crippen LogP contribution in [0, 0.1) is 0 Å². The Morgan fingerprint density at radius 2 is 1.87 bits per heavy atom. The van der Waals surface area contributed by atoms with Crippen LogP contribution >= 0.6 is 11.3 Å². The van der Waals surface area contributed by atoms with Gasteiger partial charge in [-0.1, -0.05) is 0 Å². The first-order valence-electron chi connectivity index (χ1n) is 9.95. The zero-order valence-electron chi connectivity index (χ0n) is 16.5. The van der Waals surface area contributed by atoms with Gasteiger partial charge in [-0.2, -0.15) is 24.5 Å². The number of aliphatic carboxylic acids is 1. The van der Waals surface area contributed by atoms with Crippen LogP contribution in [0.3, 0.4) is 0 Å². The van der Waals surface area contributed by atoms with Crippen LogP contribution in [0.4, 0.5) is 13.2 Å². The zero-order chi connectivity index (χ0) is 21.7. The van der Waals surface area contributed by atoms with Gasteiger partial charge in [0.15, 0.2) is 0 Å². The number of carbonyl (C=O) groups is 2. The summed E-state index contributed by atoms with van der Waals surface area (Å²) in [7, 11) is 0. The van der Waals surface area contributed by atoms with Crippen molar-refractivity contribution < 1.29 is 32.6 Å². The number of alkyl halides is 3. The van der Waals surface area contributed by atoms with Crippen molar-refractivity contribution in [3.8, 4) is 0 Å². The molecule has 4 rings (SSSR count). The van der Waals surface area contributed by atoms with E-state index in [-0.39, 0.29) is 12.0 Å². The van der Waals surface area contributed by atoms with E-state index >= 15 is 0 Å². The van der Waals surface area contributed by atoms with Gasteiger partial charge in [0.05, 0.1) is 24.3 Å². The van der Waals surface area contributed by atoms with Gasteiger partial charge in [0, 0.05) is 38.1 Å². The van der Waals surface area contributed by atoms with E-state index in [9.17, 15) is 18.0 Å². The molecule has 1 N–H and O–H groups in total. The van der Waals surface area contributed by atoms with Crippen LogP contribution in [0.2, 0.25) is 0 Å². The molecule has 3 aliphatic heterocycles. The summed E-state index contributed by atoms with van der Waals surface area (Å²) in [5, 5.41) is 11.0. The number of hydrogen-bond donors (Lipinski definition) is 1. The highest BCUT2D eigenvalue weighted by molar-refractivity contribution is 7.08. The number of fused-ring (bicyclic) bond motifs is 1. The Morgan fingerprint density at radius 1 is 1.17 bits per heavy atom. The maximum Gasteiger partial charge on any atom is 0.490 e. The number of hydrogen-bond acceptors (Lipinski definition) is 6. The maximum atomic E-state index is 12.6. The number of amides is 1. The highest BCUT2D eigenvalue weighted by atomic mass is 32.1. The summed E-state index contributed by atoms with van der Waals surface area (Å²) in [5.41, 5.74) is 0.817. The fourth-order valence-corrected chi connectivity index (χ4v) is 4.68.